The Bertz CT molecular complexity index is 942. The molecule has 0 bridgehead atoms. The van der Waals surface area contributed by atoms with Crippen molar-refractivity contribution in [3.05, 3.63) is 63.5 Å². The highest BCUT2D eigenvalue weighted by Gasteiger charge is 2.17. The number of halogens is 1. The molecule has 8 nitrogen and oxygen atoms in total. The number of nitro groups is 1. The predicted octanol–water partition coefficient (Wildman–Crippen LogP) is 3.17. The number of anilines is 1. The molecular weight excluding hydrogens is 379 g/mol. The third-order valence-electron chi connectivity index (χ3n) is 4.60. The second-order valence-corrected chi connectivity index (χ2v) is 6.66. The number of hydrogen-bond donors (Lipinski definition) is 1. The Hall–Kier alpha value is -3.49. The van der Waals surface area contributed by atoms with Crippen LogP contribution in [0.15, 0.2) is 41.5 Å². The Morgan fingerprint density at radius 3 is 2.79 bits per heavy atom. The molecule has 1 aliphatic rings. The van der Waals surface area contributed by atoms with Gasteiger partial charge in [-0.05, 0) is 43.5 Å². The molecule has 1 heterocycles. The number of nitrogens with zero attached hydrogens (tertiary/aromatic N) is 3. The summed E-state index contributed by atoms with van der Waals surface area (Å²) in [4.78, 5) is 24.2. The standard InChI is InChI=1S/C20H21FN4O4/c1-14-10-18(24-8-4-5-9-24)16(21)11-15(14)12-22-23-20(26)13-29-19-7-3-2-6-17(19)25(27)28/h2-3,6-7,10-12H,4-5,8-9,13H2,1H3,(H,23,26). The Morgan fingerprint density at radius 2 is 2.07 bits per heavy atom. The van der Waals surface area contributed by atoms with Crippen LogP contribution in [0.5, 0.6) is 5.75 Å². The first kappa shape index (κ1) is 20.2. The van der Waals surface area contributed by atoms with E-state index in [1.807, 2.05) is 11.8 Å². The summed E-state index contributed by atoms with van der Waals surface area (Å²) in [7, 11) is 0. The molecule has 1 amide bonds. The fourth-order valence-electron chi connectivity index (χ4n) is 3.10. The van der Waals surface area contributed by atoms with E-state index in [1.165, 1.54) is 30.5 Å². The van der Waals surface area contributed by atoms with E-state index in [1.54, 1.807) is 12.1 Å². The van der Waals surface area contributed by atoms with Crippen molar-refractivity contribution >= 4 is 23.5 Å². The number of carbonyl (C=O) groups is 1. The molecule has 1 saturated heterocycles. The average Bonchev–Trinajstić information content (AvgIpc) is 3.23. The number of nitrogens with one attached hydrogen (secondary N) is 1. The summed E-state index contributed by atoms with van der Waals surface area (Å²) in [6.45, 7) is 3.10. The smallest absolute Gasteiger partial charge is 0.310 e. The maximum Gasteiger partial charge on any atom is 0.310 e. The van der Waals surface area contributed by atoms with E-state index in [0.717, 1.165) is 31.5 Å². The molecule has 0 aromatic heterocycles. The number of ether oxygens (including phenoxy) is 1. The lowest BCUT2D eigenvalue weighted by Gasteiger charge is -2.19. The summed E-state index contributed by atoms with van der Waals surface area (Å²) in [5.41, 5.74) is 4.01. The molecule has 0 atom stereocenters. The van der Waals surface area contributed by atoms with Crippen LogP contribution in [-0.2, 0) is 4.79 Å². The van der Waals surface area contributed by atoms with Gasteiger partial charge in [0, 0.05) is 24.7 Å². The molecule has 1 N–H and O–H groups in total. The molecule has 1 fully saturated rings. The summed E-state index contributed by atoms with van der Waals surface area (Å²) in [6.07, 6.45) is 3.47. The number of hydrogen-bond acceptors (Lipinski definition) is 6. The summed E-state index contributed by atoms with van der Waals surface area (Å²) < 4.78 is 19.6. The van der Waals surface area contributed by atoms with Crippen LogP contribution >= 0.6 is 0 Å². The third kappa shape index (κ3) is 5.07. The molecule has 0 aliphatic carbocycles. The highest BCUT2D eigenvalue weighted by molar-refractivity contribution is 5.85. The van der Waals surface area contributed by atoms with Crippen LogP contribution in [-0.4, -0.2) is 36.7 Å². The molecule has 9 heteroatoms. The minimum absolute atomic E-state index is 0.00736. The molecule has 2 aromatic rings. The zero-order chi connectivity index (χ0) is 20.8. The topological polar surface area (TPSA) is 97.1 Å². The van der Waals surface area contributed by atoms with Crippen molar-refractivity contribution in [1.82, 2.24) is 5.43 Å². The van der Waals surface area contributed by atoms with Crippen molar-refractivity contribution in [1.29, 1.82) is 0 Å². The fraction of sp³-hybridized carbons (Fsp3) is 0.300. The molecule has 29 heavy (non-hydrogen) atoms. The number of para-hydroxylation sites is 2. The number of hydrazone groups is 1. The Kier molecular flexibility index (Phi) is 6.38. The van der Waals surface area contributed by atoms with Crippen molar-refractivity contribution in [2.24, 2.45) is 5.10 Å². The molecule has 0 unspecified atom stereocenters. The van der Waals surface area contributed by atoms with Crippen LogP contribution in [0.3, 0.4) is 0 Å². The molecule has 2 aromatic carbocycles. The van der Waals surface area contributed by atoms with Gasteiger partial charge in [-0.1, -0.05) is 12.1 Å². The molecule has 1 aliphatic heterocycles. The van der Waals surface area contributed by atoms with E-state index in [2.05, 4.69) is 10.5 Å². The lowest BCUT2D eigenvalue weighted by molar-refractivity contribution is -0.385. The van der Waals surface area contributed by atoms with Crippen molar-refractivity contribution < 1.29 is 18.8 Å². The molecule has 3 rings (SSSR count). The fourth-order valence-corrected chi connectivity index (χ4v) is 3.10. The minimum Gasteiger partial charge on any atom is -0.477 e. The molecule has 0 saturated carbocycles. The number of nitro benzene ring substituents is 1. The first-order valence-electron chi connectivity index (χ1n) is 9.19. The van der Waals surface area contributed by atoms with Crippen LogP contribution in [0.25, 0.3) is 0 Å². The van der Waals surface area contributed by atoms with Gasteiger partial charge in [-0.2, -0.15) is 5.10 Å². The van der Waals surface area contributed by atoms with E-state index in [-0.39, 0.29) is 17.3 Å². The zero-order valence-corrected chi connectivity index (χ0v) is 15.9. The van der Waals surface area contributed by atoms with E-state index in [9.17, 15) is 19.3 Å². The quantitative estimate of drug-likeness (QED) is 0.437. The first-order valence-corrected chi connectivity index (χ1v) is 9.19. The molecule has 152 valence electrons. The number of benzene rings is 2. The summed E-state index contributed by atoms with van der Waals surface area (Å²) in [5, 5.41) is 14.8. The molecule has 0 radical (unpaired) electrons. The van der Waals surface area contributed by atoms with Gasteiger partial charge in [0.25, 0.3) is 5.91 Å². The lowest BCUT2D eigenvalue weighted by Crippen LogP contribution is -2.24. The van der Waals surface area contributed by atoms with E-state index >= 15 is 0 Å². The number of carbonyl (C=O) groups excluding carboxylic acids is 1. The van der Waals surface area contributed by atoms with E-state index in [4.69, 9.17) is 4.74 Å². The zero-order valence-electron chi connectivity index (χ0n) is 15.9. The largest absolute Gasteiger partial charge is 0.477 e. The van der Waals surface area contributed by atoms with Crippen LogP contribution in [0.2, 0.25) is 0 Å². The summed E-state index contributed by atoms with van der Waals surface area (Å²) in [5.74, 6) is -0.928. The van der Waals surface area contributed by atoms with E-state index < -0.39 is 17.4 Å². The van der Waals surface area contributed by atoms with Gasteiger partial charge in [0.2, 0.25) is 0 Å². The minimum atomic E-state index is -0.591. The summed E-state index contributed by atoms with van der Waals surface area (Å²) in [6, 6.07) is 8.94. The van der Waals surface area contributed by atoms with Crippen molar-refractivity contribution in [2.45, 2.75) is 19.8 Å². The lowest BCUT2D eigenvalue weighted by atomic mass is 10.1. The van der Waals surface area contributed by atoms with Crippen LogP contribution in [0.1, 0.15) is 24.0 Å². The molecular formula is C20H21FN4O4. The van der Waals surface area contributed by atoms with Crippen molar-refractivity contribution in [3.8, 4) is 5.75 Å². The van der Waals surface area contributed by atoms with E-state index in [0.29, 0.717) is 11.3 Å². The highest BCUT2D eigenvalue weighted by atomic mass is 19.1. The van der Waals surface area contributed by atoms with Crippen molar-refractivity contribution in [2.75, 3.05) is 24.6 Å². The number of rotatable bonds is 7. The summed E-state index contributed by atoms with van der Waals surface area (Å²) >= 11 is 0. The Morgan fingerprint density at radius 1 is 1.34 bits per heavy atom. The Balaban J connectivity index is 1.58. The second-order valence-electron chi connectivity index (χ2n) is 6.66. The highest BCUT2D eigenvalue weighted by Crippen LogP contribution is 2.27. The monoisotopic (exact) mass is 400 g/mol. The Labute approximate surface area is 167 Å². The van der Waals surface area contributed by atoms with Gasteiger partial charge in [-0.3, -0.25) is 14.9 Å². The van der Waals surface area contributed by atoms with Gasteiger partial charge in [-0.25, -0.2) is 9.82 Å². The SMILES string of the molecule is Cc1cc(N2CCCC2)c(F)cc1C=NNC(=O)COc1ccccc1[N+](=O)[O-]. The van der Waals surface area contributed by atoms with Crippen molar-refractivity contribution in [3.63, 3.8) is 0 Å². The van der Waals surface area contributed by atoms with Crippen LogP contribution in [0.4, 0.5) is 15.8 Å². The normalized spacial score (nSPS) is 13.7. The van der Waals surface area contributed by atoms with Gasteiger partial charge < -0.3 is 9.64 Å². The molecule has 0 spiro atoms. The predicted molar refractivity (Wildman–Crippen MR) is 107 cm³/mol. The first-order chi connectivity index (χ1) is 14.0. The van der Waals surface area contributed by atoms with Gasteiger partial charge in [0.05, 0.1) is 16.8 Å². The number of amides is 1. The van der Waals surface area contributed by atoms with Gasteiger partial charge in [0.1, 0.15) is 5.82 Å². The second kappa shape index (κ2) is 9.13. The van der Waals surface area contributed by atoms with Crippen LogP contribution < -0.4 is 15.1 Å². The third-order valence-corrected chi connectivity index (χ3v) is 4.60. The maximum absolute atomic E-state index is 14.4. The van der Waals surface area contributed by atoms with Crippen LogP contribution in [0, 0.1) is 22.9 Å². The number of aryl methyl sites for hydroxylation is 1. The van der Waals surface area contributed by atoms with Gasteiger partial charge in [-0.15, -0.1) is 0 Å². The average molecular weight is 400 g/mol. The van der Waals surface area contributed by atoms with Gasteiger partial charge >= 0.3 is 5.69 Å². The maximum atomic E-state index is 14.4. The van der Waals surface area contributed by atoms with Gasteiger partial charge in [0.15, 0.2) is 12.4 Å².